The van der Waals surface area contributed by atoms with Crippen LogP contribution in [0.1, 0.15) is 11.1 Å². The van der Waals surface area contributed by atoms with E-state index < -0.39 is 0 Å². The average Bonchev–Trinajstić information content (AvgIpc) is 2.56. The average molecular weight is 321 g/mol. The van der Waals surface area contributed by atoms with Gasteiger partial charge in [0.1, 0.15) is 5.82 Å². The lowest BCUT2D eigenvalue weighted by Crippen LogP contribution is -1.94. The molecule has 0 unspecified atom stereocenters. The standard InChI is InChI=1S/C17H14ClFO3/c1-21-15-8-5-12(9-16(15)22-2)17(18)14(10-20)11-3-6-13(19)7-4-11/h3-10H,1-2H3/b17-14-. The molecule has 0 aromatic heterocycles. The summed E-state index contributed by atoms with van der Waals surface area (Å²) in [6.07, 6.45) is 0.645. The number of halogens is 2. The monoisotopic (exact) mass is 320 g/mol. The number of aldehydes is 1. The third-order valence-electron chi connectivity index (χ3n) is 3.15. The van der Waals surface area contributed by atoms with Gasteiger partial charge in [-0.25, -0.2) is 4.39 Å². The normalized spacial score (nSPS) is 11.6. The topological polar surface area (TPSA) is 35.5 Å². The Balaban J connectivity index is 2.52. The fourth-order valence-electron chi connectivity index (χ4n) is 2.00. The highest BCUT2D eigenvalue weighted by atomic mass is 35.5. The van der Waals surface area contributed by atoms with Crippen molar-refractivity contribution in [1.82, 2.24) is 0 Å². The van der Waals surface area contributed by atoms with Crippen LogP contribution in [0.3, 0.4) is 0 Å². The Labute approximate surface area is 132 Å². The van der Waals surface area contributed by atoms with Crippen LogP contribution in [0.5, 0.6) is 11.5 Å². The number of carbonyl (C=O) groups is 1. The van der Waals surface area contributed by atoms with Gasteiger partial charge in [0.05, 0.1) is 19.3 Å². The van der Waals surface area contributed by atoms with Gasteiger partial charge in [0.15, 0.2) is 17.8 Å². The Morgan fingerprint density at radius 2 is 1.59 bits per heavy atom. The molecule has 0 amide bonds. The number of hydrogen-bond donors (Lipinski definition) is 0. The number of carbonyl (C=O) groups excluding carboxylic acids is 1. The maximum atomic E-state index is 13.0. The predicted molar refractivity (Wildman–Crippen MR) is 84.7 cm³/mol. The molecule has 0 radical (unpaired) electrons. The van der Waals surface area contributed by atoms with Gasteiger partial charge in [0.2, 0.25) is 0 Å². The van der Waals surface area contributed by atoms with E-state index in [0.717, 1.165) is 0 Å². The summed E-state index contributed by atoms with van der Waals surface area (Å²) in [5, 5.41) is 0.252. The van der Waals surface area contributed by atoms with Gasteiger partial charge in [-0.3, -0.25) is 4.79 Å². The number of rotatable bonds is 5. The molecule has 5 heteroatoms. The minimum Gasteiger partial charge on any atom is -0.493 e. The van der Waals surface area contributed by atoms with Crippen LogP contribution >= 0.6 is 11.6 Å². The first-order chi connectivity index (χ1) is 10.6. The molecule has 2 rings (SSSR count). The number of methoxy groups -OCH3 is 2. The van der Waals surface area contributed by atoms with Crippen molar-refractivity contribution < 1.29 is 18.7 Å². The summed E-state index contributed by atoms with van der Waals surface area (Å²) in [7, 11) is 3.05. The number of benzene rings is 2. The molecule has 0 heterocycles. The van der Waals surface area contributed by atoms with Crippen molar-refractivity contribution in [1.29, 1.82) is 0 Å². The van der Waals surface area contributed by atoms with E-state index >= 15 is 0 Å². The maximum Gasteiger partial charge on any atom is 0.161 e. The van der Waals surface area contributed by atoms with Crippen LogP contribution in [0.25, 0.3) is 10.6 Å². The Kier molecular flexibility index (Phi) is 5.17. The zero-order chi connectivity index (χ0) is 16.1. The van der Waals surface area contributed by atoms with Gasteiger partial charge in [0, 0.05) is 5.57 Å². The lowest BCUT2D eigenvalue weighted by atomic mass is 10.0. The van der Waals surface area contributed by atoms with Gasteiger partial charge in [-0.1, -0.05) is 23.7 Å². The van der Waals surface area contributed by atoms with E-state index in [9.17, 15) is 9.18 Å². The van der Waals surface area contributed by atoms with Crippen molar-refractivity contribution in [2.24, 2.45) is 0 Å². The summed E-state index contributed by atoms with van der Waals surface area (Å²) >= 11 is 6.33. The lowest BCUT2D eigenvalue weighted by Gasteiger charge is -2.10. The quantitative estimate of drug-likeness (QED) is 0.471. The molecule has 2 aromatic carbocycles. The first-order valence-electron chi connectivity index (χ1n) is 6.44. The summed E-state index contributed by atoms with van der Waals surface area (Å²) in [4.78, 5) is 11.4. The van der Waals surface area contributed by atoms with Gasteiger partial charge in [-0.15, -0.1) is 0 Å². The zero-order valence-corrected chi connectivity index (χ0v) is 12.9. The van der Waals surface area contributed by atoms with Crippen LogP contribution in [0, 0.1) is 5.82 Å². The first-order valence-corrected chi connectivity index (χ1v) is 6.81. The third kappa shape index (κ3) is 3.28. The summed E-state index contributed by atoms with van der Waals surface area (Å²) in [6.45, 7) is 0. The van der Waals surface area contributed by atoms with E-state index in [4.69, 9.17) is 21.1 Å². The van der Waals surface area contributed by atoms with E-state index in [2.05, 4.69) is 0 Å². The summed E-state index contributed by atoms with van der Waals surface area (Å²) in [6, 6.07) is 10.6. The molecule has 0 fully saturated rings. The van der Waals surface area contributed by atoms with E-state index in [-0.39, 0.29) is 16.4 Å². The van der Waals surface area contributed by atoms with Crippen LogP contribution in [0.15, 0.2) is 42.5 Å². The van der Waals surface area contributed by atoms with Crippen LogP contribution in [-0.4, -0.2) is 20.5 Å². The van der Waals surface area contributed by atoms with Gasteiger partial charge >= 0.3 is 0 Å². The van der Waals surface area contributed by atoms with Crippen molar-refractivity contribution in [3.63, 3.8) is 0 Å². The van der Waals surface area contributed by atoms with Crippen molar-refractivity contribution >= 4 is 28.5 Å². The second kappa shape index (κ2) is 7.09. The number of hydrogen-bond acceptors (Lipinski definition) is 3. The second-order valence-corrected chi connectivity index (χ2v) is 4.80. The number of ether oxygens (including phenoxy) is 2. The first kappa shape index (κ1) is 16.0. The SMILES string of the molecule is COc1ccc(/C(Cl)=C(\C=O)c2ccc(F)cc2)cc1OC. The molecule has 0 saturated carbocycles. The van der Waals surface area contributed by atoms with Gasteiger partial charge in [-0.05, 0) is 41.5 Å². The lowest BCUT2D eigenvalue weighted by molar-refractivity contribution is -0.103. The molecule has 22 heavy (non-hydrogen) atoms. The van der Waals surface area contributed by atoms with E-state index in [1.165, 1.54) is 38.5 Å². The number of allylic oxidation sites excluding steroid dienone is 1. The molecular formula is C17H14ClFO3. The van der Waals surface area contributed by atoms with E-state index in [0.29, 0.717) is 28.9 Å². The van der Waals surface area contributed by atoms with E-state index in [1.54, 1.807) is 18.2 Å². The fraction of sp³-hybridized carbons (Fsp3) is 0.118. The highest BCUT2D eigenvalue weighted by Crippen LogP contribution is 2.34. The van der Waals surface area contributed by atoms with Crippen molar-refractivity contribution in [2.75, 3.05) is 14.2 Å². The molecule has 2 aromatic rings. The van der Waals surface area contributed by atoms with Crippen LogP contribution < -0.4 is 9.47 Å². The Bertz CT molecular complexity index is 708. The molecular weight excluding hydrogens is 307 g/mol. The van der Waals surface area contributed by atoms with Gasteiger partial charge < -0.3 is 9.47 Å². The molecule has 114 valence electrons. The highest BCUT2D eigenvalue weighted by molar-refractivity contribution is 6.55. The minimum absolute atomic E-state index is 0.252. The Morgan fingerprint density at radius 1 is 1.00 bits per heavy atom. The molecule has 0 spiro atoms. The van der Waals surface area contributed by atoms with Crippen LogP contribution in [0.2, 0.25) is 0 Å². The maximum absolute atomic E-state index is 13.0. The molecule has 0 N–H and O–H groups in total. The summed E-state index contributed by atoms with van der Waals surface area (Å²) < 4.78 is 23.4. The van der Waals surface area contributed by atoms with Crippen LogP contribution in [0.4, 0.5) is 4.39 Å². The van der Waals surface area contributed by atoms with Crippen LogP contribution in [-0.2, 0) is 4.79 Å². The smallest absolute Gasteiger partial charge is 0.161 e. The van der Waals surface area contributed by atoms with Crippen molar-refractivity contribution in [3.05, 3.63) is 59.4 Å². The minimum atomic E-state index is -0.378. The van der Waals surface area contributed by atoms with Gasteiger partial charge in [-0.2, -0.15) is 0 Å². The van der Waals surface area contributed by atoms with Crippen molar-refractivity contribution in [2.45, 2.75) is 0 Å². The molecule has 0 atom stereocenters. The molecule has 0 saturated heterocycles. The molecule has 0 aliphatic carbocycles. The Hall–Kier alpha value is -2.33. The van der Waals surface area contributed by atoms with Crippen molar-refractivity contribution in [3.8, 4) is 11.5 Å². The predicted octanol–water partition coefficient (Wildman–Crippen LogP) is 4.15. The fourth-order valence-corrected chi connectivity index (χ4v) is 2.28. The van der Waals surface area contributed by atoms with Gasteiger partial charge in [0.25, 0.3) is 0 Å². The zero-order valence-electron chi connectivity index (χ0n) is 12.1. The largest absolute Gasteiger partial charge is 0.493 e. The molecule has 0 aliphatic rings. The summed E-state index contributed by atoms with van der Waals surface area (Å²) in [5.74, 6) is 0.684. The highest BCUT2D eigenvalue weighted by Gasteiger charge is 2.12. The Morgan fingerprint density at radius 3 is 2.14 bits per heavy atom. The molecule has 0 bridgehead atoms. The summed E-state index contributed by atoms with van der Waals surface area (Å²) in [5.41, 5.74) is 1.41. The van der Waals surface area contributed by atoms with E-state index in [1.807, 2.05) is 0 Å². The third-order valence-corrected chi connectivity index (χ3v) is 3.57. The second-order valence-electron chi connectivity index (χ2n) is 4.42. The molecule has 0 aliphatic heterocycles. The molecule has 3 nitrogen and oxygen atoms in total.